The molecule has 0 aromatic carbocycles. The van der Waals surface area contributed by atoms with Gasteiger partial charge in [0, 0.05) is 41.9 Å². The van der Waals surface area contributed by atoms with Gasteiger partial charge in [-0.15, -0.1) is 11.3 Å². The van der Waals surface area contributed by atoms with Crippen LogP contribution in [0, 0.1) is 5.92 Å². The van der Waals surface area contributed by atoms with Crippen molar-refractivity contribution < 1.29 is 17.7 Å². The lowest BCUT2D eigenvalue weighted by atomic mass is 9.85. The molecule has 0 spiro atoms. The van der Waals surface area contributed by atoms with E-state index in [4.69, 9.17) is 4.52 Å². The van der Waals surface area contributed by atoms with Gasteiger partial charge >= 0.3 is 0 Å². The zero-order valence-corrected chi connectivity index (χ0v) is 17.7. The fourth-order valence-electron chi connectivity index (χ4n) is 3.77. The lowest BCUT2D eigenvalue weighted by Crippen LogP contribution is -2.43. The van der Waals surface area contributed by atoms with Crippen LogP contribution in [0.25, 0.3) is 11.4 Å². The van der Waals surface area contributed by atoms with Gasteiger partial charge in [0.25, 0.3) is 10.0 Å². The van der Waals surface area contributed by atoms with Gasteiger partial charge in [-0.2, -0.15) is 9.29 Å². The molecule has 3 heterocycles. The number of amides is 1. The van der Waals surface area contributed by atoms with E-state index < -0.39 is 10.0 Å². The molecule has 29 heavy (non-hydrogen) atoms. The molecule has 5 rings (SSSR count). The van der Waals surface area contributed by atoms with Crippen LogP contribution in [0.5, 0.6) is 0 Å². The van der Waals surface area contributed by atoms with Crippen LogP contribution in [0.3, 0.4) is 0 Å². The maximum absolute atomic E-state index is 13.0. The van der Waals surface area contributed by atoms with Crippen LogP contribution in [0.4, 0.5) is 0 Å². The van der Waals surface area contributed by atoms with Crippen LogP contribution in [0.1, 0.15) is 56.8 Å². The molecule has 3 fully saturated rings. The third-order valence-electron chi connectivity index (χ3n) is 6.07. The fourth-order valence-corrected chi connectivity index (χ4v) is 6.56. The first-order chi connectivity index (χ1) is 14.0. The number of nitrogens with one attached hydrogen (secondary N) is 1. The molecule has 0 radical (unpaired) electrons. The molecule has 2 aliphatic carbocycles. The maximum atomic E-state index is 13.0. The number of hydrogen-bond donors (Lipinski definition) is 1. The second-order valence-electron chi connectivity index (χ2n) is 8.20. The van der Waals surface area contributed by atoms with Crippen molar-refractivity contribution in [2.75, 3.05) is 13.1 Å². The minimum atomic E-state index is -3.58. The monoisotopic (exact) mass is 436 g/mol. The molecule has 1 N–H and O–H groups in total. The summed E-state index contributed by atoms with van der Waals surface area (Å²) in [6.45, 7) is 0.735. The van der Waals surface area contributed by atoms with Crippen LogP contribution in [0.15, 0.2) is 20.2 Å². The Morgan fingerprint density at radius 3 is 2.59 bits per heavy atom. The van der Waals surface area contributed by atoms with Gasteiger partial charge in [-0.25, -0.2) is 8.42 Å². The number of carbonyl (C=O) groups is 1. The number of carbonyl (C=O) groups excluding carboxylic acids is 1. The number of aromatic nitrogens is 2. The van der Waals surface area contributed by atoms with Gasteiger partial charge < -0.3 is 9.84 Å². The first kappa shape index (κ1) is 19.2. The van der Waals surface area contributed by atoms with E-state index in [0.717, 1.165) is 25.7 Å². The van der Waals surface area contributed by atoms with E-state index in [2.05, 4.69) is 15.5 Å². The third-order valence-corrected chi connectivity index (χ3v) is 9.39. The first-order valence-corrected chi connectivity index (χ1v) is 12.6. The number of piperidine rings is 1. The summed E-state index contributed by atoms with van der Waals surface area (Å²) >= 11 is 1.18. The van der Waals surface area contributed by atoms with Crippen LogP contribution in [-0.4, -0.2) is 47.9 Å². The lowest BCUT2D eigenvalue weighted by molar-refractivity contribution is -0.126. The standard InChI is InChI=1S/C19H24N4O4S2/c24-18(20-15-4-5-15)12-6-8-23(9-7-12)29(25,26)16-10-14(11-28-16)17-21-19(27-22-17)13-2-1-3-13/h10-13,15H,1-9H2,(H,20,24). The number of hydrogen-bond acceptors (Lipinski definition) is 7. The Hall–Kier alpha value is -1.78. The van der Waals surface area contributed by atoms with Gasteiger partial charge in [-0.1, -0.05) is 11.6 Å². The summed E-state index contributed by atoms with van der Waals surface area (Å²) < 4.78 is 33.2. The van der Waals surface area contributed by atoms with Gasteiger partial charge in [-0.3, -0.25) is 4.79 Å². The Labute approximate surface area is 173 Å². The van der Waals surface area contributed by atoms with Gasteiger partial charge in [0.05, 0.1) is 0 Å². The molecule has 1 amide bonds. The summed E-state index contributed by atoms with van der Waals surface area (Å²) in [7, 11) is -3.58. The van der Waals surface area contributed by atoms with E-state index in [1.807, 2.05) is 0 Å². The van der Waals surface area contributed by atoms with Crippen molar-refractivity contribution in [3.8, 4) is 11.4 Å². The summed E-state index contributed by atoms with van der Waals surface area (Å²) in [6.07, 6.45) is 6.56. The van der Waals surface area contributed by atoms with E-state index in [1.54, 1.807) is 11.4 Å². The van der Waals surface area contributed by atoms with Crippen molar-refractivity contribution in [2.24, 2.45) is 5.92 Å². The largest absolute Gasteiger partial charge is 0.353 e. The molecule has 2 aromatic rings. The van der Waals surface area contributed by atoms with Crippen molar-refractivity contribution in [1.82, 2.24) is 19.8 Å². The highest BCUT2D eigenvalue weighted by Gasteiger charge is 2.35. The predicted octanol–water partition coefficient (Wildman–Crippen LogP) is 2.74. The number of nitrogens with zero attached hydrogens (tertiary/aromatic N) is 3. The molecule has 3 aliphatic rings. The molecule has 156 valence electrons. The third kappa shape index (κ3) is 3.85. The average molecular weight is 437 g/mol. The van der Waals surface area contributed by atoms with Crippen molar-refractivity contribution in [3.05, 3.63) is 17.3 Å². The van der Waals surface area contributed by atoms with E-state index in [-0.39, 0.29) is 16.0 Å². The summed E-state index contributed by atoms with van der Waals surface area (Å²) in [5, 5.41) is 8.81. The van der Waals surface area contributed by atoms with Crippen molar-refractivity contribution >= 4 is 27.3 Å². The Kier molecular flexibility index (Phi) is 4.95. The zero-order chi connectivity index (χ0) is 20.0. The summed E-state index contributed by atoms with van der Waals surface area (Å²) in [5.41, 5.74) is 0.668. The van der Waals surface area contributed by atoms with E-state index in [1.165, 1.54) is 22.1 Å². The average Bonchev–Trinajstić information content (AvgIpc) is 3.15. The van der Waals surface area contributed by atoms with Crippen LogP contribution < -0.4 is 5.32 Å². The second-order valence-corrected chi connectivity index (χ2v) is 11.3. The topological polar surface area (TPSA) is 105 Å². The first-order valence-electron chi connectivity index (χ1n) is 10.2. The second kappa shape index (κ2) is 7.48. The Bertz CT molecular complexity index is 999. The normalized spacial score (nSPS) is 21.8. The molecule has 1 aliphatic heterocycles. The molecule has 2 aromatic heterocycles. The van der Waals surface area contributed by atoms with Crippen molar-refractivity contribution in [2.45, 2.75) is 61.1 Å². The van der Waals surface area contributed by atoms with E-state index in [9.17, 15) is 13.2 Å². The SMILES string of the molecule is O=C(NC1CC1)C1CCN(S(=O)(=O)c2cc(-c3noc(C4CCC4)n3)cs2)CC1. The molecule has 1 saturated heterocycles. The van der Waals surface area contributed by atoms with Crippen LogP contribution >= 0.6 is 11.3 Å². The smallest absolute Gasteiger partial charge is 0.252 e. The van der Waals surface area contributed by atoms with Crippen molar-refractivity contribution in [1.29, 1.82) is 0 Å². The molecule has 8 nitrogen and oxygen atoms in total. The summed E-state index contributed by atoms with van der Waals surface area (Å²) in [5.74, 6) is 1.41. The predicted molar refractivity (Wildman–Crippen MR) is 107 cm³/mol. The molecular formula is C19H24N4O4S2. The molecule has 2 saturated carbocycles. The number of sulfonamides is 1. The Balaban J connectivity index is 1.24. The Morgan fingerprint density at radius 1 is 1.17 bits per heavy atom. The molecular weight excluding hydrogens is 412 g/mol. The fraction of sp³-hybridized carbons (Fsp3) is 0.632. The minimum absolute atomic E-state index is 0.0716. The summed E-state index contributed by atoms with van der Waals surface area (Å²) in [4.78, 5) is 16.7. The van der Waals surface area contributed by atoms with Gasteiger partial charge in [-0.05, 0) is 44.6 Å². The molecule has 0 bridgehead atoms. The lowest BCUT2D eigenvalue weighted by Gasteiger charge is -2.30. The van der Waals surface area contributed by atoms with Crippen LogP contribution in [-0.2, 0) is 14.8 Å². The molecule has 0 atom stereocenters. The quantitative estimate of drug-likeness (QED) is 0.746. The van der Waals surface area contributed by atoms with Crippen LogP contribution in [0.2, 0.25) is 0 Å². The van der Waals surface area contributed by atoms with E-state index in [0.29, 0.717) is 55.2 Å². The van der Waals surface area contributed by atoms with Gasteiger partial charge in [0.15, 0.2) is 0 Å². The molecule has 10 heteroatoms. The molecule has 0 unspecified atom stereocenters. The highest BCUT2D eigenvalue weighted by atomic mass is 32.2. The van der Waals surface area contributed by atoms with Crippen molar-refractivity contribution in [3.63, 3.8) is 0 Å². The van der Waals surface area contributed by atoms with Gasteiger partial charge in [0.2, 0.25) is 17.6 Å². The zero-order valence-electron chi connectivity index (χ0n) is 16.0. The van der Waals surface area contributed by atoms with E-state index >= 15 is 0 Å². The minimum Gasteiger partial charge on any atom is -0.353 e. The van der Waals surface area contributed by atoms with Gasteiger partial charge in [0.1, 0.15) is 4.21 Å². The number of thiophene rings is 1. The number of rotatable bonds is 6. The maximum Gasteiger partial charge on any atom is 0.252 e. The highest BCUT2D eigenvalue weighted by molar-refractivity contribution is 7.91. The Morgan fingerprint density at radius 2 is 1.93 bits per heavy atom. The summed E-state index contributed by atoms with van der Waals surface area (Å²) in [6, 6.07) is 1.96. The highest BCUT2D eigenvalue weighted by Crippen LogP contribution is 2.37.